The van der Waals surface area contributed by atoms with Crippen LogP contribution in [0.3, 0.4) is 0 Å². The number of methoxy groups -OCH3 is 3. The van der Waals surface area contributed by atoms with Gasteiger partial charge in [0.15, 0.2) is 17.6 Å². The lowest BCUT2D eigenvalue weighted by molar-refractivity contribution is -0.123. The molecule has 0 heterocycles. The van der Waals surface area contributed by atoms with E-state index in [1.807, 2.05) is 32.9 Å². The molecule has 0 aliphatic carbocycles. The number of amides is 1. The van der Waals surface area contributed by atoms with Crippen molar-refractivity contribution in [3.8, 4) is 17.2 Å². The van der Waals surface area contributed by atoms with Crippen LogP contribution in [0.5, 0.6) is 17.2 Å². The van der Waals surface area contributed by atoms with Crippen molar-refractivity contribution in [3.05, 3.63) is 46.5 Å². The molecule has 1 atom stereocenters. The number of benzene rings is 2. The topological polar surface area (TPSA) is 83.1 Å². The van der Waals surface area contributed by atoms with E-state index < -0.39 is 18.0 Å². The summed E-state index contributed by atoms with van der Waals surface area (Å²) in [6.45, 7) is 7.35. The molecule has 2 rings (SSSR count). The molecule has 156 valence electrons. The Morgan fingerprint density at radius 2 is 1.38 bits per heavy atom. The van der Waals surface area contributed by atoms with Crippen molar-refractivity contribution in [3.63, 3.8) is 0 Å². The number of aryl methyl sites for hydroxylation is 3. The SMILES string of the molecule is COc1cc(C(=O)O[C@H](C)C(=O)Nc2c(C)cc(C)cc2C)cc(OC)c1OC. The van der Waals surface area contributed by atoms with Gasteiger partial charge in [0.25, 0.3) is 5.91 Å². The zero-order valence-electron chi connectivity index (χ0n) is 17.8. The summed E-state index contributed by atoms with van der Waals surface area (Å²) in [6, 6.07) is 6.91. The Morgan fingerprint density at radius 3 is 1.83 bits per heavy atom. The number of carbonyl (C=O) groups is 2. The van der Waals surface area contributed by atoms with E-state index in [0.717, 1.165) is 22.4 Å². The Labute approximate surface area is 170 Å². The summed E-state index contributed by atoms with van der Waals surface area (Å²) in [6.07, 6.45) is -0.998. The van der Waals surface area contributed by atoms with Crippen LogP contribution in [0.25, 0.3) is 0 Å². The van der Waals surface area contributed by atoms with Gasteiger partial charge >= 0.3 is 5.97 Å². The van der Waals surface area contributed by atoms with Gasteiger partial charge in [0, 0.05) is 5.69 Å². The first-order valence-electron chi connectivity index (χ1n) is 9.11. The van der Waals surface area contributed by atoms with Crippen molar-refractivity contribution >= 4 is 17.6 Å². The van der Waals surface area contributed by atoms with Crippen LogP contribution in [0, 0.1) is 20.8 Å². The minimum absolute atomic E-state index is 0.182. The van der Waals surface area contributed by atoms with Crippen molar-refractivity contribution in [1.82, 2.24) is 0 Å². The molecule has 7 heteroatoms. The largest absolute Gasteiger partial charge is 0.493 e. The fraction of sp³-hybridized carbons (Fsp3) is 0.364. The number of anilines is 1. The van der Waals surface area contributed by atoms with Crippen LogP contribution in [-0.2, 0) is 9.53 Å². The predicted octanol–water partition coefficient (Wildman–Crippen LogP) is 3.82. The molecule has 0 saturated carbocycles. The van der Waals surface area contributed by atoms with E-state index in [4.69, 9.17) is 18.9 Å². The summed E-state index contributed by atoms with van der Waals surface area (Å²) in [4.78, 5) is 25.1. The van der Waals surface area contributed by atoms with E-state index in [1.165, 1.54) is 40.4 Å². The van der Waals surface area contributed by atoms with Gasteiger partial charge in [-0.1, -0.05) is 17.7 Å². The molecule has 2 aromatic carbocycles. The zero-order valence-corrected chi connectivity index (χ0v) is 17.8. The number of esters is 1. The van der Waals surface area contributed by atoms with E-state index in [9.17, 15) is 9.59 Å². The Kier molecular flexibility index (Phi) is 7.09. The molecular weight excluding hydrogens is 374 g/mol. The highest BCUT2D eigenvalue weighted by Gasteiger charge is 2.23. The summed E-state index contributed by atoms with van der Waals surface area (Å²) >= 11 is 0. The van der Waals surface area contributed by atoms with E-state index >= 15 is 0 Å². The van der Waals surface area contributed by atoms with Crippen molar-refractivity contribution < 1.29 is 28.5 Å². The van der Waals surface area contributed by atoms with Gasteiger partial charge in [0.1, 0.15) is 0 Å². The van der Waals surface area contributed by atoms with Crippen LogP contribution in [0.1, 0.15) is 34.0 Å². The molecule has 0 aliphatic heterocycles. The highest BCUT2D eigenvalue weighted by molar-refractivity contribution is 5.98. The lowest BCUT2D eigenvalue weighted by Gasteiger charge is -2.18. The number of rotatable bonds is 7. The van der Waals surface area contributed by atoms with Crippen LogP contribution >= 0.6 is 0 Å². The van der Waals surface area contributed by atoms with Crippen LogP contribution < -0.4 is 19.5 Å². The molecule has 0 spiro atoms. The third-order valence-electron chi connectivity index (χ3n) is 4.48. The Hall–Kier alpha value is -3.22. The third-order valence-corrected chi connectivity index (χ3v) is 4.48. The standard InChI is InChI=1S/C22H27NO6/c1-12-8-13(2)19(14(3)9-12)23-21(24)15(4)29-22(25)16-10-17(26-5)20(28-7)18(11-16)27-6/h8-11,15H,1-7H3,(H,23,24)/t15-/m1/s1. The number of hydrogen-bond donors (Lipinski definition) is 1. The molecule has 0 bridgehead atoms. The summed E-state index contributed by atoms with van der Waals surface area (Å²) in [7, 11) is 4.38. The fourth-order valence-corrected chi connectivity index (χ4v) is 3.08. The first-order chi connectivity index (χ1) is 13.7. The minimum Gasteiger partial charge on any atom is -0.493 e. The van der Waals surface area contributed by atoms with Crippen LogP contribution in [0.4, 0.5) is 5.69 Å². The maximum Gasteiger partial charge on any atom is 0.339 e. The molecule has 0 unspecified atom stereocenters. The normalized spacial score (nSPS) is 11.4. The smallest absolute Gasteiger partial charge is 0.339 e. The zero-order chi connectivity index (χ0) is 21.7. The second kappa shape index (κ2) is 9.32. The molecule has 2 aromatic rings. The third kappa shape index (κ3) is 4.99. The van der Waals surface area contributed by atoms with Gasteiger partial charge in [-0.2, -0.15) is 0 Å². The van der Waals surface area contributed by atoms with Crippen molar-refractivity contribution in [2.45, 2.75) is 33.8 Å². The fourth-order valence-electron chi connectivity index (χ4n) is 3.08. The molecule has 29 heavy (non-hydrogen) atoms. The first kappa shape index (κ1) is 22.1. The summed E-state index contributed by atoms with van der Waals surface area (Å²) in [5.41, 5.74) is 3.90. The summed E-state index contributed by atoms with van der Waals surface area (Å²) in [5.74, 6) is -0.0867. The second-order valence-electron chi connectivity index (χ2n) is 6.72. The number of hydrogen-bond acceptors (Lipinski definition) is 6. The molecular formula is C22H27NO6. The number of carbonyl (C=O) groups excluding carboxylic acids is 2. The van der Waals surface area contributed by atoms with Crippen molar-refractivity contribution in [1.29, 1.82) is 0 Å². The highest BCUT2D eigenvalue weighted by Crippen LogP contribution is 2.38. The first-order valence-corrected chi connectivity index (χ1v) is 9.11. The van der Waals surface area contributed by atoms with Crippen molar-refractivity contribution in [2.75, 3.05) is 26.6 Å². The second-order valence-corrected chi connectivity index (χ2v) is 6.72. The quantitative estimate of drug-likeness (QED) is 0.710. The van der Waals surface area contributed by atoms with Crippen molar-refractivity contribution in [2.24, 2.45) is 0 Å². The summed E-state index contributed by atoms with van der Waals surface area (Å²) in [5, 5.41) is 2.84. The van der Waals surface area contributed by atoms with Gasteiger partial charge in [-0.25, -0.2) is 4.79 Å². The molecule has 1 N–H and O–H groups in total. The molecule has 0 radical (unpaired) electrons. The van der Waals surface area contributed by atoms with E-state index in [1.54, 1.807) is 0 Å². The average Bonchev–Trinajstić information content (AvgIpc) is 2.68. The lowest BCUT2D eigenvalue weighted by Crippen LogP contribution is -2.30. The predicted molar refractivity (Wildman–Crippen MR) is 110 cm³/mol. The Bertz CT molecular complexity index is 874. The molecule has 0 fully saturated rings. The summed E-state index contributed by atoms with van der Waals surface area (Å²) < 4.78 is 21.1. The molecule has 0 aliphatic rings. The average molecular weight is 401 g/mol. The Balaban J connectivity index is 2.17. The van der Waals surface area contributed by atoms with E-state index in [2.05, 4.69) is 5.32 Å². The maximum atomic E-state index is 12.6. The molecule has 0 aromatic heterocycles. The lowest BCUT2D eigenvalue weighted by atomic mass is 10.0. The van der Waals surface area contributed by atoms with Gasteiger partial charge in [-0.05, 0) is 51.0 Å². The molecule has 1 amide bonds. The Morgan fingerprint density at radius 1 is 0.862 bits per heavy atom. The highest BCUT2D eigenvalue weighted by atomic mass is 16.5. The van der Waals surface area contributed by atoms with Gasteiger partial charge in [0.2, 0.25) is 5.75 Å². The molecule has 0 saturated heterocycles. The van der Waals surface area contributed by atoms with Crippen LogP contribution in [-0.4, -0.2) is 39.3 Å². The minimum atomic E-state index is -0.998. The molecule has 7 nitrogen and oxygen atoms in total. The van der Waals surface area contributed by atoms with Gasteiger partial charge in [-0.15, -0.1) is 0 Å². The van der Waals surface area contributed by atoms with Gasteiger partial charge in [0.05, 0.1) is 26.9 Å². The van der Waals surface area contributed by atoms with E-state index in [-0.39, 0.29) is 5.56 Å². The van der Waals surface area contributed by atoms with Gasteiger partial charge < -0.3 is 24.3 Å². The van der Waals surface area contributed by atoms with Crippen LogP contribution in [0.2, 0.25) is 0 Å². The monoisotopic (exact) mass is 401 g/mol. The van der Waals surface area contributed by atoms with Gasteiger partial charge in [-0.3, -0.25) is 4.79 Å². The van der Waals surface area contributed by atoms with E-state index in [0.29, 0.717) is 17.2 Å². The van der Waals surface area contributed by atoms with Crippen LogP contribution in [0.15, 0.2) is 24.3 Å². The maximum absolute atomic E-state index is 12.6. The number of ether oxygens (including phenoxy) is 4. The number of nitrogens with one attached hydrogen (secondary N) is 1.